The highest BCUT2D eigenvalue weighted by molar-refractivity contribution is 7.99. The van der Waals surface area contributed by atoms with Crippen molar-refractivity contribution in [1.82, 2.24) is 10.2 Å². The minimum Gasteiger partial charge on any atom is -0.352 e. The Labute approximate surface area is 199 Å². The van der Waals surface area contributed by atoms with Crippen LogP contribution in [0.15, 0.2) is 53.4 Å². The van der Waals surface area contributed by atoms with Gasteiger partial charge in [-0.2, -0.15) is 0 Å². The van der Waals surface area contributed by atoms with Crippen molar-refractivity contribution < 1.29 is 9.59 Å². The molecule has 0 saturated heterocycles. The van der Waals surface area contributed by atoms with Crippen LogP contribution in [0.3, 0.4) is 0 Å². The molecule has 0 aliphatic heterocycles. The predicted molar refractivity (Wildman–Crippen MR) is 131 cm³/mol. The van der Waals surface area contributed by atoms with Crippen LogP contribution in [0.25, 0.3) is 0 Å². The van der Waals surface area contributed by atoms with E-state index >= 15 is 0 Å². The van der Waals surface area contributed by atoms with E-state index in [1.165, 1.54) is 0 Å². The number of benzene rings is 2. The number of hydrogen-bond donors (Lipinski definition) is 1. The van der Waals surface area contributed by atoms with E-state index in [0.717, 1.165) is 16.9 Å². The fraction of sp³-hybridized carbons (Fsp3) is 0.417. The molecule has 0 aliphatic rings. The molecule has 168 valence electrons. The monoisotopic (exact) mass is 480 g/mol. The van der Waals surface area contributed by atoms with Gasteiger partial charge in [0.15, 0.2) is 0 Å². The van der Waals surface area contributed by atoms with Crippen LogP contribution in [0.4, 0.5) is 0 Å². The van der Waals surface area contributed by atoms with Crippen molar-refractivity contribution in [3.05, 3.63) is 64.1 Å². The number of rotatable bonds is 11. The third kappa shape index (κ3) is 8.06. The first-order chi connectivity index (χ1) is 14.8. The van der Waals surface area contributed by atoms with Gasteiger partial charge < -0.3 is 10.2 Å². The van der Waals surface area contributed by atoms with Crippen LogP contribution in [0.2, 0.25) is 10.0 Å². The molecule has 2 aromatic carbocycles. The number of hydrogen-bond acceptors (Lipinski definition) is 3. The molecule has 0 heterocycles. The Morgan fingerprint density at radius 1 is 1.03 bits per heavy atom. The van der Waals surface area contributed by atoms with Gasteiger partial charge in [-0.25, -0.2) is 0 Å². The van der Waals surface area contributed by atoms with Crippen molar-refractivity contribution in [2.45, 2.75) is 63.6 Å². The molecule has 4 nitrogen and oxygen atoms in total. The number of thioether (sulfide) groups is 1. The Morgan fingerprint density at radius 3 is 2.32 bits per heavy atom. The van der Waals surface area contributed by atoms with Gasteiger partial charge in [-0.1, -0.05) is 55.2 Å². The normalized spacial score (nSPS) is 12.8. The maximum absolute atomic E-state index is 13.2. The molecule has 0 fully saturated rings. The van der Waals surface area contributed by atoms with E-state index < -0.39 is 6.04 Å². The lowest BCUT2D eigenvalue weighted by Crippen LogP contribution is -2.50. The summed E-state index contributed by atoms with van der Waals surface area (Å²) in [5.41, 5.74) is 0.831. The van der Waals surface area contributed by atoms with Crippen LogP contribution < -0.4 is 5.32 Å². The molecule has 0 bridgehead atoms. The molecule has 0 saturated carbocycles. The van der Waals surface area contributed by atoms with Gasteiger partial charge in [-0.3, -0.25) is 9.59 Å². The van der Waals surface area contributed by atoms with E-state index in [4.69, 9.17) is 23.2 Å². The summed E-state index contributed by atoms with van der Waals surface area (Å²) < 4.78 is 0. The van der Waals surface area contributed by atoms with Crippen LogP contribution in [-0.2, 0) is 16.1 Å². The van der Waals surface area contributed by atoms with Crippen molar-refractivity contribution >= 4 is 46.8 Å². The van der Waals surface area contributed by atoms with Crippen molar-refractivity contribution in [3.63, 3.8) is 0 Å². The molecule has 0 aromatic heterocycles. The summed E-state index contributed by atoms with van der Waals surface area (Å²) in [5, 5.41) is 4.30. The first-order valence-corrected chi connectivity index (χ1v) is 12.3. The van der Waals surface area contributed by atoms with Crippen LogP contribution in [0.5, 0.6) is 0 Å². The molecule has 7 heteroatoms. The molecule has 31 heavy (non-hydrogen) atoms. The maximum Gasteiger partial charge on any atom is 0.243 e. The summed E-state index contributed by atoms with van der Waals surface area (Å²) in [6, 6.07) is 14.5. The van der Waals surface area contributed by atoms with Crippen molar-refractivity contribution in [1.29, 1.82) is 0 Å². The minimum absolute atomic E-state index is 0.0549. The fourth-order valence-electron chi connectivity index (χ4n) is 3.10. The predicted octanol–water partition coefficient (Wildman–Crippen LogP) is 6.20. The fourth-order valence-corrected chi connectivity index (χ4v) is 4.26. The first-order valence-electron chi connectivity index (χ1n) is 10.6. The van der Waals surface area contributed by atoms with Gasteiger partial charge in [0.2, 0.25) is 11.8 Å². The van der Waals surface area contributed by atoms with Crippen molar-refractivity contribution in [3.8, 4) is 0 Å². The molecule has 2 amide bonds. The average Bonchev–Trinajstić information content (AvgIpc) is 2.76. The zero-order valence-corrected chi connectivity index (χ0v) is 20.6. The molecule has 2 atom stereocenters. The minimum atomic E-state index is -0.543. The number of nitrogens with one attached hydrogen (secondary N) is 1. The Bertz CT molecular complexity index is 861. The van der Waals surface area contributed by atoms with E-state index in [-0.39, 0.29) is 17.9 Å². The summed E-state index contributed by atoms with van der Waals surface area (Å²) in [7, 11) is 0. The van der Waals surface area contributed by atoms with Gasteiger partial charge in [0.1, 0.15) is 6.04 Å². The van der Waals surface area contributed by atoms with E-state index in [1.807, 2.05) is 63.2 Å². The number of carbonyl (C=O) groups is 2. The molecular formula is C24H30Cl2N2O2S. The summed E-state index contributed by atoms with van der Waals surface area (Å²) in [4.78, 5) is 28.9. The highest BCUT2D eigenvalue weighted by Gasteiger charge is 2.29. The van der Waals surface area contributed by atoms with Gasteiger partial charge in [0, 0.05) is 39.7 Å². The number of halogens is 2. The Balaban J connectivity index is 2.14. The average molecular weight is 481 g/mol. The summed E-state index contributed by atoms with van der Waals surface area (Å²) >= 11 is 13.9. The molecule has 2 rings (SSSR count). The second-order valence-electron chi connectivity index (χ2n) is 7.41. The van der Waals surface area contributed by atoms with E-state index in [0.29, 0.717) is 35.2 Å². The standard InChI is InChI=1S/C24H30Cl2N2O2S/c1-4-17(3)27-24(30)22(5-2)28(16-18-8-6-7-9-21(18)26)23(29)14-15-31-20-12-10-19(25)11-13-20/h6-13,17,22H,4-5,14-16H2,1-3H3,(H,27,30)/t17-,22+/m1/s1. The largest absolute Gasteiger partial charge is 0.352 e. The highest BCUT2D eigenvalue weighted by Crippen LogP contribution is 2.23. The lowest BCUT2D eigenvalue weighted by atomic mass is 10.1. The highest BCUT2D eigenvalue weighted by atomic mass is 35.5. The lowest BCUT2D eigenvalue weighted by Gasteiger charge is -2.31. The molecule has 0 radical (unpaired) electrons. The smallest absolute Gasteiger partial charge is 0.243 e. The van der Waals surface area contributed by atoms with Crippen LogP contribution in [0.1, 0.15) is 45.6 Å². The molecule has 0 spiro atoms. The van der Waals surface area contributed by atoms with Gasteiger partial charge in [0.05, 0.1) is 0 Å². The molecule has 0 unspecified atom stereocenters. The summed E-state index contributed by atoms with van der Waals surface area (Å²) in [6.07, 6.45) is 1.69. The van der Waals surface area contributed by atoms with Crippen LogP contribution >= 0.6 is 35.0 Å². The van der Waals surface area contributed by atoms with Crippen LogP contribution in [-0.4, -0.2) is 34.6 Å². The van der Waals surface area contributed by atoms with Gasteiger partial charge in [-0.15, -0.1) is 11.8 Å². The van der Waals surface area contributed by atoms with Gasteiger partial charge >= 0.3 is 0 Å². The Hall–Kier alpha value is -1.69. The molecule has 2 aromatic rings. The SMILES string of the molecule is CC[C@@H](C)NC(=O)[C@H](CC)N(Cc1ccccc1Cl)C(=O)CCSc1ccc(Cl)cc1. The summed E-state index contributed by atoms with van der Waals surface area (Å²) in [6.45, 7) is 6.22. The zero-order chi connectivity index (χ0) is 22.8. The lowest BCUT2D eigenvalue weighted by molar-refractivity contribution is -0.141. The zero-order valence-electron chi connectivity index (χ0n) is 18.2. The maximum atomic E-state index is 13.2. The van der Waals surface area contributed by atoms with Crippen LogP contribution in [0, 0.1) is 0 Å². The van der Waals surface area contributed by atoms with Gasteiger partial charge in [0.25, 0.3) is 0 Å². The van der Waals surface area contributed by atoms with E-state index in [9.17, 15) is 9.59 Å². The van der Waals surface area contributed by atoms with Crippen molar-refractivity contribution in [2.24, 2.45) is 0 Å². The van der Waals surface area contributed by atoms with E-state index in [1.54, 1.807) is 22.7 Å². The first kappa shape index (κ1) is 25.6. The second-order valence-corrected chi connectivity index (χ2v) is 9.42. The van der Waals surface area contributed by atoms with E-state index in [2.05, 4.69) is 5.32 Å². The number of amides is 2. The summed E-state index contributed by atoms with van der Waals surface area (Å²) in [5.74, 6) is 0.429. The molecule has 1 N–H and O–H groups in total. The second kappa shape index (κ2) is 13.0. The quantitative estimate of drug-likeness (QED) is 0.389. The van der Waals surface area contributed by atoms with Crippen molar-refractivity contribution in [2.75, 3.05) is 5.75 Å². The topological polar surface area (TPSA) is 49.4 Å². The van der Waals surface area contributed by atoms with Gasteiger partial charge in [-0.05, 0) is 55.7 Å². The Kier molecular flexibility index (Phi) is 10.7. The third-order valence-corrected chi connectivity index (χ3v) is 6.72. The number of nitrogens with zero attached hydrogens (tertiary/aromatic N) is 1. The molecule has 0 aliphatic carbocycles. The Morgan fingerprint density at radius 2 is 1.71 bits per heavy atom. The molecular weight excluding hydrogens is 451 g/mol. The third-order valence-electron chi connectivity index (χ3n) is 5.08. The number of carbonyl (C=O) groups excluding carboxylic acids is 2.